The number of hydrogen-bond acceptors (Lipinski definition) is 0. The summed E-state index contributed by atoms with van der Waals surface area (Å²) in [6.45, 7) is 8.63. The Hall–Kier alpha value is 0.290. The lowest BCUT2D eigenvalue weighted by Crippen LogP contribution is -1.66. The summed E-state index contributed by atoms with van der Waals surface area (Å²) >= 11 is 5.30. The Labute approximate surface area is 64.6 Å². The summed E-state index contributed by atoms with van der Waals surface area (Å²) in [4.78, 5) is 0. The molecule has 0 unspecified atom stereocenters. The van der Waals surface area contributed by atoms with Gasteiger partial charge in [-0.15, -0.1) is 11.6 Å². The summed E-state index contributed by atoms with van der Waals surface area (Å²) in [7, 11) is 0. The third-order valence-corrected chi connectivity index (χ3v) is 0.754. The number of rotatable bonds is 2. The highest BCUT2D eigenvalue weighted by molar-refractivity contribution is 6.17. The molecule has 9 heavy (non-hydrogen) atoms. The first-order valence-electron chi connectivity index (χ1n) is 3.71. The van der Waals surface area contributed by atoms with Gasteiger partial charge in [0.05, 0.1) is 0 Å². The van der Waals surface area contributed by atoms with Gasteiger partial charge >= 0.3 is 0 Å². The summed E-state index contributed by atoms with van der Waals surface area (Å²) in [6, 6.07) is 0. The zero-order chi connectivity index (χ0) is 7.70. The molecule has 1 heteroatoms. The molecule has 0 aliphatic carbocycles. The molecule has 0 aromatic rings. The van der Waals surface area contributed by atoms with Crippen LogP contribution in [0.2, 0.25) is 0 Å². The summed E-state index contributed by atoms with van der Waals surface area (Å²) < 4.78 is 0. The van der Waals surface area contributed by atoms with Crippen LogP contribution in [0.15, 0.2) is 0 Å². The third kappa shape index (κ3) is 62.5. The first kappa shape index (κ1) is 12.0. The maximum atomic E-state index is 5.30. The Morgan fingerprint density at radius 1 is 1.22 bits per heavy atom. The van der Waals surface area contributed by atoms with Gasteiger partial charge in [0.25, 0.3) is 0 Å². The first-order valence-corrected chi connectivity index (χ1v) is 4.24. The molecule has 0 fully saturated rings. The number of halogens is 1. The zero-order valence-corrected chi connectivity index (χ0v) is 7.83. The van der Waals surface area contributed by atoms with E-state index in [4.69, 9.17) is 11.6 Å². The van der Waals surface area contributed by atoms with Crippen LogP contribution in [-0.2, 0) is 0 Å². The van der Waals surface area contributed by atoms with Crippen LogP contribution in [0.1, 0.15) is 40.5 Å². The van der Waals surface area contributed by atoms with Crippen LogP contribution in [0, 0.1) is 5.92 Å². The summed E-state index contributed by atoms with van der Waals surface area (Å²) in [5.74, 6) is 1.65. The predicted molar refractivity (Wildman–Crippen MR) is 46.1 cm³/mol. The Bertz CT molecular complexity index is 28.8. The SMILES string of the molecule is CC(C)C.CCCCCl. The van der Waals surface area contributed by atoms with E-state index < -0.39 is 0 Å². The molecular formula is C8H19Cl. The normalized spacial score (nSPS) is 8.67. The van der Waals surface area contributed by atoms with Crippen LogP contribution in [0.25, 0.3) is 0 Å². The van der Waals surface area contributed by atoms with Gasteiger partial charge in [-0.25, -0.2) is 0 Å². The summed E-state index contributed by atoms with van der Waals surface area (Å²) in [5, 5.41) is 0. The van der Waals surface area contributed by atoms with Gasteiger partial charge < -0.3 is 0 Å². The Kier molecular flexibility index (Phi) is 14.9. The molecule has 0 aliphatic rings. The molecule has 0 aromatic heterocycles. The van der Waals surface area contributed by atoms with E-state index in [0.29, 0.717) is 0 Å². The molecule has 0 radical (unpaired) electrons. The molecule has 0 N–H and O–H groups in total. The van der Waals surface area contributed by atoms with Gasteiger partial charge in [0.15, 0.2) is 0 Å². The second kappa shape index (κ2) is 11.1. The molecule has 58 valence electrons. The summed E-state index contributed by atoms with van der Waals surface area (Å²) in [5.41, 5.74) is 0. The fourth-order valence-electron chi connectivity index (χ4n) is 0.134. The van der Waals surface area contributed by atoms with Crippen molar-refractivity contribution in [1.29, 1.82) is 0 Å². The van der Waals surface area contributed by atoms with E-state index in [1.54, 1.807) is 0 Å². The highest BCUT2D eigenvalue weighted by atomic mass is 35.5. The topological polar surface area (TPSA) is 0 Å². The minimum absolute atomic E-state index is 0.816. The van der Waals surface area contributed by atoms with Gasteiger partial charge in [0.2, 0.25) is 0 Å². The second-order valence-corrected chi connectivity index (χ2v) is 3.15. The largest absolute Gasteiger partial charge is 0.127 e. The highest BCUT2D eigenvalue weighted by Crippen LogP contribution is 1.86. The van der Waals surface area contributed by atoms with Crippen LogP contribution in [0.4, 0.5) is 0 Å². The molecule has 0 aromatic carbocycles. The maximum Gasteiger partial charge on any atom is 0.0223 e. The number of alkyl halides is 1. The van der Waals surface area contributed by atoms with E-state index in [0.717, 1.165) is 18.2 Å². The lowest BCUT2D eigenvalue weighted by Gasteiger charge is -1.79. The van der Waals surface area contributed by atoms with Crippen molar-refractivity contribution < 1.29 is 0 Å². The Balaban J connectivity index is 0. The van der Waals surface area contributed by atoms with Gasteiger partial charge in [-0.05, 0) is 12.3 Å². The van der Waals surface area contributed by atoms with E-state index in [-0.39, 0.29) is 0 Å². The maximum absolute atomic E-state index is 5.30. The van der Waals surface area contributed by atoms with Crippen LogP contribution < -0.4 is 0 Å². The van der Waals surface area contributed by atoms with E-state index in [2.05, 4.69) is 27.7 Å². The van der Waals surface area contributed by atoms with Gasteiger partial charge in [0, 0.05) is 5.88 Å². The lowest BCUT2D eigenvalue weighted by atomic mass is 10.3. The van der Waals surface area contributed by atoms with Crippen molar-refractivity contribution in [2.75, 3.05) is 5.88 Å². The van der Waals surface area contributed by atoms with Crippen molar-refractivity contribution in [2.24, 2.45) is 5.92 Å². The van der Waals surface area contributed by atoms with Crippen molar-refractivity contribution in [3.63, 3.8) is 0 Å². The molecule has 0 saturated carbocycles. The van der Waals surface area contributed by atoms with Gasteiger partial charge in [-0.3, -0.25) is 0 Å². The first-order chi connectivity index (χ1) is 4.15. The van der Waals surface area contributed by atoms with Gasteiger partial charge in [-0.2, -0.15) is 0 Å². The van der Waals surface area contributed by atoms with Crippen LogP contribution >= 0.6 is 11.6 Å². The summed E-state index contributed by atoms with van der Waals surface area (Å²) in [6.07, 6.45) is 2.37. The van der Waals surface area contributed by atoms with Crippen molar-refractivity contribution >= 4 is 11.6 Å². The molecule has 0 bridgehead atoms. The molecule has 0 spiro atoms. The Morgan fingerprint density at radius 3 is 1.56 bits per heavy atom. The number of hydrogen-bond donors (Lipinski definition) is 0. The molecular weight excluding hydrogens is 132 g/mol. The quantitative estimate of drug-likeness (QED) is 0.527. The van der Waals surface area contributed by atoms with E-state index in [1.165, 1.54) is 6.42 Å². The van der Waals surface area contributed by atoms with Gasteiger partial charge in [0.1, 0.15) is 0 Å². The highest BCUT2D eigenvalue weighted by Gasteiger charge is 1.70. The lowest BCUT2D eigenvalue weighted by molar-refractivity contribution is 0.737. The molecule has 0 aliphatic heterocycles. The monoisotopic (exact) mass is 150 g/mol. The average Bonchev–Trinajstić information content (AvgIpc) is 1.66. The number of unbranched alkanes of at least 4 members (excludes halogenated alkanes) is 1. The molecule has 0 atom stereocenters. The van der Waals surface area contributed by atoms with Gasteiger partial charge in [-0.1, -0.05) is 34.1 Å². The fourth-order valence-corrected chi connectivity index (χ4v) is 0.401. The fraction of sp³-hybridized carbons (Fsp3) is 1.00. The van der Waals surface area contributed by atoms with E-state index in [9.17, 15) is 0 Å². The van der Waals surface area contributed by atoms with Crippen molar-refractivity contribution in [3.05, 3.63) is 0 Å². The third-order valence-electron chi connectivity index (χ3n) is 0.487. The van der Waals surface area contributed by atoms with Crippen molar-refractivity contribution in [1.82, 2.24) is 0 Å². The zero-order valence-electron chi connectivity index (χ0n) is 7.08. The average molecular weight is 151 g/mol. The van der Waals surface area contributed by atoms with Crippen LogP contribution in [-0.4, -0.2) is 5.88 Å². The standard InChI is InChI=1S/C4H9Cl.C4H10/c1-2-3-4-5;1-4(2)3/h2-4H2,1H3;4H,1-3H3. The van der Waals surface area contributed by atoms with Crippen LogP contribution in [0.5, 0.6) is 0 Å². The predicted octanol–water partition coefficient (Wildman–Crippen LogP) is 3.69. The molecule has 0 rings (SSSR count). The van der Waals surface area contributed by atoms with Crippen LogP contribution in [0.3, 0.4) is 0 Å². The molecule has 0 saturated heterocycles. The molecule has 0 nitrogen and oxygen atoms in total. The second-order valence-electron chi connectivity index (χ2n) is 2.77. The van der Waals surface area contributed by atoms with Crippen molar-refractivity contribution in [3.8, 4) is 0 Å². The van der Waals surface area contributed by atoms with Crippen molar-refractivity contribution in [2.45, 2.75) is 40.5 Å². The minimum Gasteiger partial charge on any atom is -0.127 e. The molecule has 0 heterocycles. The van der Waals surface area contributed by atoms with E-state index >= 15 is 0 Å². The smallest absolute Gasteiger partial charge is 0.0223 e. The van der Waals surface area contributed by atoms with E-state index in [1.807, 2.05) is 0 Å². The molecule has 0 amide bonds. The minimum atomic E-state index is 0.816. The Morgan fingerprint density at radius 2 is 1.56 bits per heavy atom.